The van der Waals surface area contributed by atoms with Crippen molar-refractivity contribution in [2.75, 3.05) is 26.2 Å². The fourth-order valence-electron chi connectivity index (χ4n) is 4.12. The molecular weight excluding hydrogens is 419 g/mol. The van der Waals surface area contributed by atoms with Gasteiger partial charge in [0.2, 0.25) is 5.91 Å². The second-order valence-corrected chi connectivity index (χ2v) is 8.90. The Morgan fingerprint density at radius 2 is 1.68 bits per heavy atom. The highest BCUT2D eigenvalue weighted by molar-refractivity contribution is 9.10. The van der Waals surface area contributed by atoms with Gasteiger partial charge in [0.05, 0.1) is 0 Å². The molecule has 2 aromatic rings. The number of amides is 1. The summed E-state index contributed by atoms with van der Waals surface area (Å²) in [6.45, 7) is 4.67. The van der Waals surface area contributed by atoms with Crippen LogP contribution in [0.4, 0.5) is 4.39 Å². The van der Waals surface area contributed by atoms with Gasteiger partial charge in [-0.3, -0.25) is 9.69 Å². The molecule has 0 saturated carbocycles. The Labute approximate surface area is 174 Å². The van der Waals surface area contributed by atoms with Crippen LogP contribution in [-0.4, -0.2) is 41.9 Å². The van der Waals surface area contributed by atoms with Crippen LogP contribution in [0.3, 0.4) is 0 Å². The number of rotatable bonds is 4. The maximum absolute atomic E-state index is 13.0. The molecule has 2 aliphatic heterocycles. The Balaban J connectivity index is 1.24. The molecule has 1 spiro atoms. The monoisotopic (exact) mass is 442 g/mol. The van der Waals surface area contributed by atoms with E-state index in [0.29, 0.717) is 5.41 Å². The van der Waals surface area contributed by atoms with Crippen molar-refractivity contribution in [2.45, 2.75) is 19.4 Å². The Bertz CT molecular complexity index is 847. The molecule has 28 heavy (non-hydrogen) atoms. The van der Waals surface area contributed by atoms with Gasteiger partial charge in [0.1, 0.15) is 5.82 Å². The molecular formula is C23H24BrFN2O. The van der Waals surface area contributed by atoms with Gasteiger partial charge >= 0.3 is 0 Å². The first-order chi connectivity index (χ1) is 13.5. The predicted octanol–water partition coefficient (Wildman–Crippen LogP) is 4.73. The van der Waals surface area contributed by atoms with Crippen LogP contribution in [0.5, 0.6) is 0 Å². The van der Waals surface area contributed by atoms with Gasteiger partial charge in [0, 0.05) is 35.6 Å². The van der Waals surface area contributed by atoms with Crippen molar-refractivity contribution in [3.63, 3.8) is 0 Å². The lowest BCUT2D eigenvalue weighted by atomic mass is 9.72. The van der Waals surface area contributed by atoms with E-state index in [1.165, 1.54) is 12.1 Å². The van der Waals surface area contributed by atoms with Crippen LogP contribution in [0.25, 0.3) is 6.08 Å². The largest absolute Gasteiger partial charge is 0.338 e. The van der Waals surface area contributed by atoms with Crippen LogP contribution in [0.2, 0.25) is 0 Å². The molecule has 0 bridgehead atoms. The number of carbonyl (C=O) groups excluding carboxylic acids is 1. The van der Waals surface area contributed by atoms with E-state index >= 15 is 0 Å². The summed E-state index contributed by atoms with van der Waals surface area (Å²) in [5.41, 5.74) is 2.47. The summed E-state index contributed by atoms with van der Waals surface area (Å²) >= 11 is 3.42. The van der Waals surface area contributed by atoms with Crippen molar-refractivity contribution in [1.29, 1.82) is 0 Å². The van der Waals surface area contributed by atoms with Crippen LogP contribution in [0.1, 0.15) is 24.0 Å². The molecule has 1 amide bonds. The van der Waals surface area contributed by atoms with E-state index in [4.69, 9.17) is 0 Å². The highest BCUT2D eigenvalue weighted by atomic mass is 79.9. The number of halogens is 2. The van der Waals surface area contributed by atoms with Gasteiger partial charge in [-0.25, -0.2) is 4.39 Å². The van der Waals surface area contributed by atoms with Crippen molar-refractivity contribution in [3.05, 3.63) is 76.0 Å². The summed E-state index contributed by atoms with van der Waals surface area (Å²) in [6.07, 6.45) is 5.80. The Morgan fingerprint density at radius 1 is 1.04 bits per heavy atom. The van der Waals surface area contributed by atoms with Crippen molar-refractivity contribution >= 4 is 27.9 Å². The summed E-state index contributed by atoms with van der Waals surface area (Å²) in [4.78, 5) is 16.8. The van der Waals surface area contributed by atoms with Gasteiger partial charge in [0.25, 0.3) is 0 Å². The molecule has 0 radical (unpaired) electrons. The zero-order chi connectivity index (χ0) is 19.6. The third-order valence-electron chi connectivity index (χ3n) is 5.89. The van der Waals surface area contributed by atoms with Gasteiger partial charge in [0.15, 0.2) is 0 Å². The van der Waals surface area contributed by atoms with E-state index in [9.17, 15) is 9.18 Å². The smallest absolute Gasteiger partial charge is 0.246 e. The van der Waals surface area contributed by atoms with Crippen LogP contribution >= 0.6 is 15.9 Å². The normalized spacial score (nSPS) is 19.1. The summed E-state index contributed by atoms with van der Waals surface area (Å²) in [6, 6.07) is 14.7. The lowest BCUT2D eigenvalue weighted by molar-refractivity contribution is -0.141. The lowest BCUT2D eigenvalue weighted by Gasteiger charge is -2.53. The summed E-state index contributed by atoms with van der Waals surface area (Å²) < 4.78 is 14.1. The summed E-state index contributed by atoms with van der Waals surface area (Å²) in [5, 5.41) is 0. The van der Waals surface area contributed by atoms with Gasteiger partial charge in [-0.15, -0.1) is 0 Å². The highest BCUT2D eigenvalue weighted by Crippen LogP contribution is 2.40. The fraction of sp³-hybridized carbons (Fsp3) is 0.348. The SMILES string of the molecule is O=C(C=Cc1ccc(Br)cc1)N1CC2(CCN(Cc3ccc(F)cc3)CC2)C1. The Kier molecular flexibility index (Phi) is 5.65. The first-order valence-electron chi connectivity index (χ1n) is 9.71. The van der Waals surface area contributed by atoms with Crippen molar-refractivity contribution < 1.29 is 9.18 Å². The number of benzene rings is 2. The molecule has 0 aromatic heterocycles. The third kappa shape index (κ3) is 4.53. The molecule has 2 fully saturated rings. The van der Waals surface area contributed by atoms with Gasteiger partial charge < -0.3 is 4.90 Å². The Morgan fingerprint density at radius 3 is 2.32 bits per heavy atom. The molecule has 4 rings (SSSR count). The number of piperidine rings is 1. The lowest BCUT2D eigenvalue weighted by Crippen LogP contribution is -2.61. The molecule has 0 atom stereocenters. The standard InChI is InChI=1S/C23H24BrFN2O/c24-20-6-1-18(2-7-20)5-10-22(28)27-16-23(17-27)11-13-26(14-12-23)15-19-3-8-21(25)9-4-19/h1-10H,11-17H2. The predicted molar refractivity (Wildman–Crippen MR) is 113 cm³/mol. The third-order valence-corrected chi connectivity index (χ3v) is 6.42. The molecule has 0 aliphatic carbocycles. The summed E-state index contributed by atoms with van der Waals surface area (Å²) in [5.74, 6) is -0.0861. The van der Waals surface area contributed by atoms with Crippen molar-refractivity contribution in [2.24, 2.45) is 5.41 Å². The molecule has 2 saturated heterocycles. The zero-order valence-corrected chi connectivity index (χ0v) is 17.4. The number of nitrogens with zero attached hydrogens (tertiary/aromatic N) is 2. The van der Waals surface area contributed by atoms with Crippen LogP contribution in [0.15, 0.2) is 59.1 Å². The second-order valence-electron chi connectivity index (χ2n) is 7.98. The van der Waals surface area contributed by atoms with E-state index in [-0.39, 0.29) is 11.7 Å². The molecule has 0 unspecified atom stereocenters. The molecule has 2 heterocycles. The first-order valence-corrected chi connectivity index (χ1v) is 10.5. The van der Waals surface area contributed by atoms with Gasteiger partial charge in [-0.2, -0.15) is 0 Å². The maximum atomic E-state index is 13.0. The van der Waals surface area contributed by atoms with E-state index in [0.717, 1.165) is 61.2 Å². The minimum Gasteiger partial charge on any atom is -0.338 e. The first kappa shape index (κ1) is 19.3. The molecule has 0 N–H and O–H groups in total. The molecule has 2 aliphatic rings. The average molecular weight is 443 g/mol. The van der Waals surface area contributed by atoms with E-state index in [1.807, 2.05) is 47.4 Å². The average Bonchev–Trinajstić information content (AvgIpc) is 2.68. The minimum absolute atomic E-state index is 0.0993. The molecule has 3 nitrogen and oxygen atoms in total. The second kappa shape index (κ2) is 8.18. The fourth-order valence-corrected chi connectivity index (χ4v) is 4.38. The van der Waals surface area contributed by atoms with Crippen molar-refractivity contribution in [1.82, 2.24) is 9.80 Å². The van der Waals surface area contributed by atoms with E-state index < -0.39 is 0 Å². The number of hydrogen-bond acceptors (Lipinski definition) is 2. The van der Waals surface area contributed by atoms with Crippen molar-refractivity contribution in [3.8, 4) is 0 Å². The van der Waals surface area contributed by atoms with E-state index in [2.05, 4.69) is 20.8 Å². The molecule has 2 aromatic carbocycles. The molecule has 5 heteroatoms. The van der Waals surface area contributed by atoms with Crippen LogP contribution in [0, 0.1) is 11.2 Å². The van der Waals surface area contributed by atoms with Crippen LogP contribution in [-0.2, 0) is 11.3 Å². The number of carbonyl (C=O) groups is 1. The zero-order valence-electron chi connectivity index (χ0n) is 15.8. The minimum atomic E-state index is -0.185. The van der Waals surface area contributed by atoms with Gasteiger partial charge in [-0.05, 0) is 67.4 Å². The van der Waals surface area contributed by atoms with E-state index in [1.54, 1.807) is 6.08 Å². The Hall–Kier alpha value is -1.98. The number of hydrogen-bond donors (Lipinski definition) is 0. The van der Waals surface area contributed by atoms with Crippen LogP contribution < -0.4 is 0 Å². The quantitative estimate of drug-likeness (QED) is 0.639. The van der Waals surface area contributed by atoms with Gasteiger partial charge in [-0.1, -0.05) is 40.2 Å². The number of likely N-dealkylation sites (tertiary alicyclic amines) is 2. The summed E-state index contributed by atoms with van der Waals surface area (Å²) in [7, 11) is 0. The maximum Gasteiger partial charge on any atom is 0.246 e. The topological polar surface area (TPSA) is 23.6 Å². The molecule has 146 valence electrons. The highest BCUT2D eigenvalue weighted by Gasteiger charge is 2.46.